The maximum Gasteiger partial charge on any atom is 0.237 e. The lowest BCUT2D eigenvalue weighted by atomic mass is 10.2. The molecule has 3 aromatic rings. The van der Waals surface area contributed by atoms with Gasteiger partial charge in [-0.2, -0.15) is 4.98 Å². The van der Waals surface area contributed by atoms with E-state index in [0.717, 1.165) is 28.0 Å². The summed E-state index contributed by atoms with van der Waals surface area (Å²) >= 11 is 3.03. The first-order valence-corrected chi connectivity index (χ1v) is 9.78. The maximum atomic E-state index is 5.33. The zero-order chi connectivity index (χ0) is 18.4. The standard InChI is InChI=1S/C16H19N5O3S2/c1-4-7-17-15-19-20-16(26-15)25-9-13-18-14(21-24-13)10-5-6-11(22-2)12(8-10)23-3/h5-6,8H,4,7,9H2,1-3H3,(H,17,19). The molecule has 0 bridgehead atoms. The number of ether oxygens (including phenoxy) is 2. The van der Waals surface area contributed by atoms with Gasteiger partial charge < -0.3 is 19.3 Å². The second kappa shape index (κ2) is 8.86. The van der Waals surface area contributed by atoms with Crippen molar-refractivity contribution in [2.24, 2.45) is 0 Å². The monoisotopic (exact) mass is 393 g/mol. The van der Waals surface area contributed by atoms with E-state index in [9.17, 15) is 0 Å². The van der Waals surface area contributed by atoms with E-state index in [1.54, 1.807) is 14.2 Å². The molecule has 1 N–H and O–H groups in total. The molecular formula is C16H19N5O3S2. The molecule has 0 fully saturated rings. The Kier molecular flexibility index (Phi) is 6.29. The fraction of sp³-hybridized carbons (Fsp3) is 0.375. The van der Waals surface area contributed by atoms with Crippen LogP contribution >= 0.6 is 23.1 Å². The molecule has 3 rings (SSSR count). The van der Waals surface area contributed by atoms with Crippen LogP contribution in [-0.4, -0.2) is 41.1 Å². The summed E-state index contributed by atoms with van der Waals surface area (Å²) in [5, 5.41) is 16.3. The number of methoxy groups -OCH3 is 2. The molecule has 1 aromatic carbocycles. The van der Waals surface area contributed by atoms with Gasteiger partial charge in [-0.25, -0.2) is 0 Å². The quantitative estimate of drug-likeness (QED) is 0.546. The van der Waals surface area contributed by atoms with Crippen molar-refractivity contribution in [3.8, 4) is 22.9 Å². The van der Waals surface area contributed by atoms with E-state index >= 15 is 0 Å². The fourth-order valence-corrected chi connectivity index (χ4v) is 3.72. The number of nitrogens with zero attached hydrogens (tertiary/aromatic N) is 4. The van der Waals surface area contributed by atoms with Crippen LogP contribution in [0.4, 0.5) is 5.13 Å². The number of nitrogens with one attached hydrogen (secondary N) is 1. The summed E-state index contributed by atoms with van der Waals surface area (Å²) < 4.78 is 16.7. The molecule has 8 nitrogen and oxygen atoms in total. The molecule has 0 saturated carbocycles. The lowest BCUT2D eigenvalue weighted by Gasteiger charge is -2.07. The van der Waals surface area contributed by atoms with E-state index in [2.05, 4.69) is 32.6 Å². The molecule has 0 spiro atoms. The van der Waals surface area contributed by atoms with Crippen molar-refractivity contribution in [3.63, 3.8) is 0 Å². The Bertz CT molecular complexity index is 852. The predicted octanol–water partition coefficient (Wildman–Crippen LogP) is 3.72. The van der Waals surface area contributed by atoms with E-state index in [4.69, 9.17) is 14.0 Å². The highest BCUT2D eigenvalue weighted by molar-refractivity contribution is 8.00. The van der Waals surface area contributed by atoms with E-state index in [1.807, 2.05) is 18.2 Å². The Balaban J connectivity index is 1.64. The topological polar surface area (TPSA) is 95.2 Å². The molecule has 10 heteroatoms. The number of hydrogen-bond acceptors (Lipinski definition) is 10. The number of aromatic nitrogens is 4. The van der Waals surface area contributed by atoms with Gasteiger partial charge in [0.1, 0.15) is 0 Å². The fourth-order valence-electron chi connectivity index (χ4n) is 2.10. The molecule has 0 amide bonds. The van der Waals surface area contributed by atoms with E-state index in [0.29, 0.717) is 29.0 Å². The van der Waals surface area contributed by atoms with Gasteiger partial charge in [-0.05, 0) is 24.6 Å². The summed E-state index contributed by atoms with van der Waals surface area (Å²) in [6, 6.07) is 5.49. The molecule has 0 aliphatic rings. The summed E-state index contributed by atoms with van der Waals surface area (Å²) in [5.74, 6) is 2.83. The van der Waals surface area contributed by atoms with E-state index < -0.39 is 0 Å². The van der Waals surface area contributed by atoms with Crippen LogP contribution in [0, 0.1) is 0 Å². The molecule has 0 aliphatic heterocycles. The van der Waals surface area contributed by atoms with Gasteiger partial charge in [0.25, 0.3) is 0 Å². The van der Waals surface area contributed by atoms with Crippen molar-refractivity contribution in [1.82, 2.24) is 20.3 Å². The first-order valence-electron chi connectivity index (χ1n) is 7.98. The third kappa shape index (κ3) is 4.44. The summed E-state index contributed by atoms with van der Waals surface area (Å²) in [6.45, 7) is 2.99. The Labute approximate surface area is 159 Å². The van der Waals surface area contributed by atoms with Crippen molar-refractivity contribution in [1.29, 1.82) is 0 Å². The maximum absolute atomic E-state index is 5.33. The minimum Gasteiger partial charge on any atom is -0.493 e. The molecule has 138 valence electrons. The van der Waals surface area contributed by atoms with E-state index in [1.165, 1.54) is 23.1 Å². The highest BCUT2D eigenvalue weighted by atomic mass is 32.2. The minimum atomic E-state index is 0.504. The lowest BCUT2D eigenvalue weighted by Crippen LogP contribution is -1.98. The molecule has 0 saturated heterocycles. The van der Waals surface area contributed by atoms with Crippen LogP contribution in [0.25, 0.3) is 11.4 Å². The molecule has 2 heterocycles. The molecular weight excluding hydrogens is 374 g/mol. The second-order valence-electron chi connectivity index (χ2n) is 5.17. The Morgan fingerprint density at radius 3 is 2.81 bits per heavy atom. The number of anilines is 1. The minimum absolute atomic E-state index is 0.504. The number of thioether (sulfide) groups is 1. The van der Waals surface area contributed by atoms with Gasteiger partial charge >= 0.3 is 0 Å². The van der Waals surface area contributed by atoms with Crippen LogP contribution in [-0.2, 0) is 5.75 Å². The predicted molar refractivity (Wildman–Crippen MR) is 101 cm³/mol. The number of rotatable bonds is 9. The molecule has 2 aromatic heterocycles. The second-order valence-corrected chi connectivity index (χ2v) is 7.37. The van der Waals surface area contributed by atoms with Crippen LogP contribution < -0.4 is 14.8 Å². The van der Waals surface area contributed by atoms with Crippen molar-refractivity contribution in [2.75, 3.05) is 26.1 Å². The highest BCUT2D eigenvalue weighted by Crippen LogP contribution is 2.32. The van der Waals surface area contributed by atoms with Crippen LogP contribution in [0.5, 0.6) is 11.5 Å². The lowest BCUT2D eigenvalue weighted by molar-refractivity contribution is 0.355. The highest BCUT2D eigenvalue weighted by Gasteiger charge is 2.13. The van der Waals surface area contributed by atoms with Crippen molar-refractivity contribution in [2.45, 2.75) is 23.4 Å². The first-order chi connectivity index (χ1) is 12.7. The first kappa shape index (κ1) is 18.5. The summed E-state index contributed by atoms with van der Waals surface area (Å²) in [5.41, 5.74) is 0.796. The largest absolute Gasteiger partial charge is 0.493 e. The van der Waals surface area contributed by atoms with Crippen LogP contribution in [0.1, 0.15) is 19.2 Å². The summed E-state index contributed by atoms with van der Waals surface area (Å²) in [7, 11) is 3.18. The zero-order valence-corrected chi connectivity index (χ0v) is 16.3. The van der Waals surface area contributed by atoms with Crippen LogP contribution in [0.15, 0.2) is 27.1 Å². The van der Waals surface area contributed by atoms with Gasteiger partial charge in [0, 0.05) is 12.1 Å². The van der Waals surface area contributed by atoms with Gasteiger partial charge in [0.2, 0.25) is 16.8 Å². The van der Waals surface area contributed by atoms with Crippen molar-refractivity contribution >= 4 is 28.2 Å². The normalized spacial score (nSPS) is 10.7. The Morgan fingerprint density at radius 2 is 2.04 bits per heavy atom. The zero-order valence-electron chi connectivity index (χ0n) is 14.7. The van der Waals surface area contributed by atoms with Crippen LogP contribution in [0.3, 0.4) is 0 Å². The summed E-state index contributed by atoms with van der Waals surface area (Å²) in [6.07, 6.45) is 1.04. The Morgan fingerprint density at radius 1 is 1.19 bits per heavy atom. The molecule has 0 aliphatic carbocycles. The van der Waals surface area contributed by atoms with Crippen molar-refractivity contribution < 1.29 is 14.0 Å². The molecule has 0 atom stereocenters. The van der Waals surface area contributed by atoms with Gasteiger partial charge in [-0.1, -0.05) is 35.2 Å². The number of benzene rings is 1. The van der Waals surface area contributed by atoms with Crippen molar-refractivity contribution in [3.05, 3.63) is 24.1 Å². The smallest absolute Gasteiger partial charge is 0.237 e. The van der Waals surface area contributed by atoms with Crippen LogP contribution in [0.2, 0.25) is 0 Å². The van der Waals surface area contributed by atoms with Gasteiger partial charge in [-0.15, -0.1) is 10.2 Å². The number of hydrogen-bond donors (Lipinski definition) is 1. The third-order valence-electron chi connectivity index (χ3n) is 3.36. The van der Waals surface area contributed by atoms with Gasteiger partial charge in [0.05, 0.1) is 20.0 Å². The molecule has 0 radical (unpaired) electrons. The Hall–Kier alpha value is -2.33. The van der Waals surface area contributed by atoms with E-state index in [-0.39, 0.29) is 0 Å². The average molecular weight is 393 g/mol. The molecule has 0 unspecified atom stereocenters. The van der Waals surface area contributed by atoms with Gasteiger partial charge in [-0.3, -0.25) is 0 Å². The average Bonchev–Trinajstić information content (AvgIpc) is 3.33. The summed E-state index contributed by atoms with van der Waals surface area (Å²) in [4.78, 5) is 4.43. The molecule has 26 heavy (non-hydrogen) atoms. The SMILES string of the molecule is CCCNc1nnc(SCc2nc(-c3ccc(OC)c(OC)c3)no2)s1. The third-order valence-corrected chi connectivity index (χ3v) is 5.36. The van der Waals surface area contributed by atoms with Gasteiger partial charge in [0.15, 0.2) is 15.8 Å².